The summed E-state index contributed by atoms with van der Waals surface area (Å²) in [5.41, 5.74) is 12.5. The van der Waals surface area contributed by atoms with Crippen LogP contribution in [0, 0.1) is 23.7 Å². The van der Waals surface area contributed by atoms with E-state index in [1.165, 1.54) is 86.0 Å². The van der Waals surface area contributed by atoms with Crippen LogP contribution in [-0.4, -0.2) is 0 Å². The van der Waals surface area contributed by atoms with Crippen molar-refractivity contribution in [2.45, 2.75) is 56.8 Å². The van der Waals surface area contributed by atoms with Gasteiger partial charge in [0.05, 0.1) is 0 Å². The number of hydrogen-bond donors (Lipinski definition) is 0. The third-order valence-corrected chi connectivity index (χ3v) is 14.8. The second-order valence-electron chi connectivity index (χ2n) is 16.6. The Labute approximate surface area is 305 Å². The highest BCUT2D eigenvalue weighted by atomic mass is 32.1. The number of benzene rings is 6. The maximum Gasteiger partial charge on any atom is 0.0464 e. The molecule has 0 unspecified atom stereocenters. The summed E-state index contributed by atoms with van der Waals surface area (Å²) in [5.74, 6) is 3.37. The molecule has 0 radical (unpaired) electrons. The van der Waals surface area contributed by atoms with Crippen LogP contribution in [0.25, 0.3) is 31.3 Å². The Morgan fingerprint density at radius 3 is 1.82 bits per heavy atom. The molecule has 0 N–H and O–H groups in total. The monoisotopic (exact) mass is 677 g/mol. The lowest BCUT2D eigenvalue weighted by Gasteiger charge is -2.64. The molecule has 0 aliphatic heterocycles. The summed E-state index contributed by atoms with van der Waals surface area (Å²) in [4.78, 5) is 2.47. The van der Waals surface area contributed by atoms with Gasteiger partial charge in [-0.15, -0.1) is 11.3 Å². The standard InChI is InChI=1S/C49H43NS/c1-48(2)42-13-7-8-14-43(42)49(35-25-31-24-32(27-35)28-36(49)26-31)44-23-21-39(30-45(44)48)50(37-10-4-3-5-11-37)38-19-16-33(17-20-38)34-18-22-41-40-12-6-9-15-46(40)51-47(41)29-34/h3-23,29-32,35-36H,24-28H2,1-2H3. The van der Waals surface area contributed by atoms with Gasteiger partial charge in [-0.2, -0.15) is 0 Å². The fraction of sp³-hybridized carbons (Fsp3) is 0.265. The quantitative estimate of drug-likeness (QED) is 0.179. The molecule has 6 aromatic carbocycles. The van der Waals surface area contributed by atoms with Crippen LogP contribution in [0.3, 0.4) is 0 Å². The van der Waals surface area contributed by atoms with Crippen molar-refractivity contribution >= 4 is 48.6 Å². The third kappa shape index (κ3) is 4.26. The Kier molecular flexibility index (Phi) is 6.43. The lowest BCUT2D eigenvalue weighted by atomic mass is 9.39. The van der Waals surface area contributed by atoms with E-state index < -0.39 is 0 Å². The molecule has 12 rings (SSSR count). The molecule has 4 bridgehead atoms. The van der Waals surface area contributed by atoms with Crippen molar-refractivity contribution in [1.29, 1.82) is 0 Å². The highest BCUT2D eigenvalue weighted by Crippen LogP contribution is 2.68. The van der Waals surface area contributed by atoms with Crippen molar-refractivity contribution in [2.75, 3.05) is 4.90 Å². The van der Waals surface area contributed by atoms with Gasteiger partial charge in [0, 0.05) is 48.1 Å². The van der Waals surface area contributed by atoms with Crippen LogP contribution in [0.15, 0.2) is 140 Å². The van der Waals surface area contributed by atoms with Crippen LogP contribution in [0.5, 0.6) is 0 Å². The van der Waals surface area contributed by atoms with Gasteiger partial charge in [-0.05, 0) is 138 Å². The summed E-state index contributed by atoms with van der Waals surface area (Å²) in [6.45, 7) is 4.96. The fourth-order valence-corrected chi connectivity index (χ4v) is 12.9. The van der Waals surface area contributed by atoms with E-state index >= 15 is 0 Å². The lowest BCUT2D eigenvalue weighted by molar-refractivity contribution is -0.0443. The SMILES string of the molecule is CC1(C)c2ccccc2C2(c3ccc(N(c4ccccc4)c4ccc(-c5ccc6c(c5)sc5ccccc56)cc4)cc31)C1CC3CC(C1)CC2C3. The van der Waals surface area contributed by atoms with Crippen LogP contribution < -0.4 is 4.90 Å². The van der Waals surface area contributed by atoms with Gasteiger partial charge in [0.15, 0.2) is 0 Å². The first-order valence-electron chi connectivity index (χ1n) is 19.1. The zero-order valence-corrected chi connectivity index (χ0v) is 30.3. The Morgan fingerprint density at radius 1 is 0.471 bits per heavy atom. The third-order valence-electron chi connectivity index (χ3n) is 13.7. The van der Waals surface area contributed by atoms with E-state index in [1.807, 2.05) is 11.3 Å². The molecule has 2 heteroatoms. The average Bonchev–Trinajstić information content (AvgIpc) is 3.54. The Morgan fingerprint density at radius 2 is 1.06 bits per heavy atom. The number of nitrogens with zero attached hydrogens (tertiary/aromatic N) is 1. The molecule has 1 heterocycles. The number of para-hydroxylation sites is 1. The van der Waals surface area contributed by atoms with E-state index in [1.54, 1.807) is 16.7 Å². The van der Waals surface area contributed by atoms with E-state index in [9.17, 15) is 0 Å². The average molecular weight is 678 g/mol. The Balaban J connectivity index is 1.04. The molecule has 0 amide bonds. The molecule has 0 saturated heterocycles. The minimum atomic E-state index is -0.0840. The van der Waals surface area contributed by atoms with Crippen LogP contribution >= 0.6 is 11.3 Å². The molecular formula is C49H43NS. The largest absolute Gasteiger partial charge is 0.310 e. The highest BCUT2D eigenvalue weighted by molar-refractivity contribution is 7.25. The smallest absolute Gasteiger partial charge is 0.0464 e. The van der Waals surface area contributed by atoms with E-state index in [0.717, 1.165) is 23.7 Å². The van der Waals surface area contributed by atoms with E-state index in [-0.39, 0.29) is 10.8 Å². The van der Waals surface area contributed by atoms with Gasteiger partial charge in [0.25, 0.3) is 0 Å². The summed E-state index contributed by atoms with van der Waals surface area (Å²) in [6.07, 6.45) is 7.09. The maximum absolute atomic E-state index is 2.58. The molecule has 1 nitrogen and oxygen atoms in total. The van der Waals surface area contributed by atoms with Crippen molar-refractivity contribution in [3.05, 3.63) is 162 Å². The minimum absolute atomic E-state index is 0.0840. The molecule has 4 saturated carbocycles. The van der Waals surface area contributed by atoms with E-state index in [4.69, 9.17) is 0 Å². The number of rotatable bonds is 4. The topological polar surface area (TPSA) is 3.24 Å². The molecule has 1 aromatic heterocycles. The van der Waals surface area contributed by atoms with Gasteiger partial charge in [-0.1, -0.05) is 105 Å². The van der Waals surface area contributed by atoms with Crippen LogP contribution in [0.2, 0.25) is 0 Å². The Hall–Kier alpha value is -4.66. The number of hydrogen-bond acceptors (Lipinski definition) is 2. The normalized spacial score (nSPS) is 25.3. The minimum Gasteiger partial charge on any atom is -0.310 e. The van der Waals surface area contributed by atoms with E-state index in [2.05, 4.69) is 158 Å². The van der Waals surface area contributed by atoms with Crippen molar-refractivity contribution in [3.63, 3.8) is 0 Å². The van der Waals surface area contributed by atoms with Crippen LogP contribution in [0.1, 0.15) is 68.2 Å². The summed E-state index contributed by atoms with van der Waals surface area (Å²) >= 11 is 1.89. The second kappa shape index (κ2) is 10.9. The molecule has 4 fully saturated rings. The summed E-state index contributed by atoms with van der Waals surface area (Å²) in [5, 5.41) is 2.70. The fourth-order valence-electron chi connectivity index (χ4n) is 11.8. The molecule has 1 spiro atoms. The number of anilines is 3. The predicted octanol–water partition coefficient (Wildman–Crippen LogP) is 13.6. The lowest BCUT2D eigenvalue weighted by Crippen LogP contribution is -2.58. The molecule has 250 valence electrons. The summed E-state index contributed by atoms with van der Waals surface area (Å²) in [7, 11) is 0. The first-order chi connectivity index (χ1) is 25.0. The number of thiophene rings is 1. The first-order valence-corrected chi connectivity index (χ1v) is 19.9. The van der Waals surface area contributed by atoms with Gasteiger partial charge in [0.1, 0.15) is 0 Å². The molecule has 7 aromatic rings. The Bertz CT molecular complexity index is 2440. The van der Waals surface area contributed by atoms with Crippen molar-refractivity contribution in [1.82, 2.24) is 0 Å². The van der Waals surface area contributed by atoms with Crippen molar-refractivity contribution in [3.8, 4) is 11.1 Å². The van der Waals surface area contributed by atoms with Crippen molar-refractivity contribution < 1.29 is 0 Å². The molecule has 5 aliphatic rings. The molecular weight excluding hydrogens is 635 g/mol. The van der Waals surface area contributed by atoms with Crippen LogP contribution in [0.4, 0.5) is 17.1 Å². The number of fused-ring (bicyclic) bond motifs is 5. The highest BCUT2D eigenvalue weighted by Gasteiger charge is 2.62. The predicted molar refractivity (Wildman–Crippen MR) is 216 cm³/mol. The molecule has 0 atom stereocenters. The summed E-state index contributed by atoms with van der Waals surface area (Å²) < 4.78 is 2.70. The zero-order chi connectivity index (χ0) is 33.9. The van der Waals surface area contributed by atoms with Gasteiger partial charge in [-0.25, -0.2) is 0 Å². The zero-order valence-electron chi connectivity index (χ0n) is 29.5. The second-order valence-corrected chi connectivity index (χ2v) is 17.7. The van der Waals surface area contributed by atoms with E-state index in [0.29, 0.717) is 0 Å². The van der Waals surface area contributed by atoms with Gasteiger partial charge < -0.3 is 4.90 Å². The van der Waals surface area contributed by atoms with Crippen molar-refractivity contribution in [2.24, 2.45) is 23.7 Å². The maximum atomic E-state index is 2.58. The summed E-state index contributed by atoms with van der Waals surface area (Å²) in [6, 6.07) is 53.1. The molecule has 5 aliphatic carbocycles. The van der Waals surface area contributed by atoms with Gasteiger partial charge in [0.2, 0.25) is 0 Å². The first kappa shape index (κ1) is 30.0. The van der Waals surface area contributed by atoms with Crippen LogP contribution in [-0.2, 0) is 10.8 Å². The van der Waals surface area contributed by atoms with Gasteiger partial charge in [-0.3, -0.25) is 0 Å². The molecule has 51 heavy (non-hydrogen) atoms. The van der Waals surface area contributed by atoms with Gasteiger partial charge >= 0.3 is 0 Å².